The first-order chi connectivity index (χ1) is 8.21. The van der Waals surface area contributed by atoms with Crippen molar-refractivity contribution < 1.29 is 4.79 Å². The van der Waals surface area contributed by atoms with Gasteiger partial charge < -0.3 is 11.1 Å². The van der Waals surface area contributed by atoms with Crippen LogP contribution in [-0.2, 0) is 4.79 Å². The van der Waals surface area contributed by atoms with Crippen LogP contribution >= 0.6 is 0 Å². The molecule has 17 heavy (non-hydrogen) atoms. The fraction of sp³-hybridized carbons (Fsp3) is 0.929. The van der Waals surface area contributed by atoms with Crippen LogP contribution in [0.5, 0.6) is 0 Å². The van der Waals surface area contributed by atoms with Gasteiger partial charge >= 0.3 is 0 Å². The number of hydrogen-bond acceptors (Lipinski definition) is 2. The largest absolute Gasteiger partial charge is 0.353 e. The molecule has 1 saturated carbocycles. The molecule has 0 aromatic carbocycles. The van der Waals surface area contributed by atoms with E-state index in [1.54, 1.807) is 0 Å². The Balaban J connectivity index is 2.31. The molecule has 0 spiro atoms. The van der Waals surface area contributed by atoms with E-state index in [9.17, 15) is 4.79 Å². The molecule has 3 N–H and O–H groups in total. The van der Waals surface area contributed by atoms with Gasteiger partial charge in [0.05, 0.1) is 5.92 Å². The van der Waals surface area contributed by atoms with Crippen LogP contribution in [0.1, 0.15) is 58.8 Å². The van der Waals surface area contributed by atoms with E-state index in [4.69, 9.17) is 5.73 Å². The zero-order valence-corrected chi connectivity index (χ0v) is 11.4. The van der Waals surface area contributed by atoms with Crippen LogP contribution in [0, 0.1) is 11.8 Å². The topological polar surface area (TPSA) is 55.1 Å². The van der Waals surface area contributed by atoms with Gasteiger partial charge in [-0.1, -0.05) is 26.7 Å². The molecular formula is C14H28N2O. The van der Waals surface area contributed by atoms with Crippen molar-refractivity contribution in [3.8, 4) is 0 Å². The highest BCUT2D eigenvalue weighted by atomic mass is 16.1. The SMILES string of the molecule is CCCC(CN)C(=O)NC1CCC(CC)CC1. The Morgan fingerprint density at radius 3 is 2.41 bits per heavy atom. The summed E-state index contributed by atoms with van der Waals surface area (Å²) in [6.07, 6.45) is 8.04. The van der Waals surface area contributed by atoms with Crippen molar-refractivity contribution in [2.45, 2.75) is 64.8 Å². The summed E-state index contributed by atoms with van der Waals surface area (Å²) in [7, 11) is 0. The molecule has 0 heterocycles. The van der Waals surface area contributed by atoms with E-state index in [0.29, 0.717) is 12.6 Å². The van der Waals surface area contributed by atoms with E-state index >= 15 is 0 Å². The first kappa shape index (κ1) is 14.5. The lowest BCUT2D eigenvalue weighted by Crippen LogP contribution is -2.42. The molecule has 1 aliphatic carbocycles. The molecule has 0 radical (unpaired) electrons. The van der Waals surface area contributed by atoms with Crippen molar-refractivity contribution in [3.05, 3.63) is 0 Å². The third kappa shape index (κ3) is 4.66. The summed E-state index contributed by atoms with van der Waals surface area (Å²) in [5.41, 5.74) is 5.65. The van der Waals surface area contributed by atoms with Crippen LogP contribution < -0.4 is 11.1 Å². The van der Waals surface area contributed by atoms with Gasteiger partial charge in [-0.25, -0.2) is 0 Å². The number of rotatable bonds is 6. The molecule has 0 aliphatic heterocycles. The maximum Gasteiger partial charge on any atom is 0.224 e. The van der Waals surface area contributed by atoms with Gasteiger partial charge in [0.25, 0.3) is 0 Å². The molecule has 0 aromatic rings. The Morgan fingerprint density at radius 2 is 1.94 bits per heavy atom. The van der Waals surface area contributed by atoms with Gasteiger partial charge in [0.1, 0.15) is 0 Å². The zero-order valence-electron chi connectivity index (χ0n) is 11.4. The lowest BCUT2D eigenvalue weighted by molar-refractivity contribution is -0.125. The van der Waals surface area contributed by atoms with Crippen LogP contribution in [0.2, 0.25) is 0 Å². The Hall–Kier alpha value is -0.570. The summed E-state index contributed by atoms with van der Waals surface area (Å²) in [5, 5.41) is 3.18. The number of carbonyl (C=O) groups excluding carboxylic acids is 1. The Kier molecular flexibility index (Phi) is 6.56. The zero-order chi connectivity index (χ0) is 12.7. The molecule has 0 saturated heterocycles. The second-order valence-corrected chi connectivity index (χ2v) is 5.36. The van der Waals surface area contributed by atoms with Crippen LogP contribution in [0.4, 0.5) is 0 Å². The van der Waals surface area contributed by atoms with Gasteiger partial charge in [-0.3, -0.25) is 4.79 Å². The van der Waals surface area contributed by atoms with Gasteiger partial charge in [0.15, 0.2) is 0 Å². The van der Waals surface area contributed by atoms with Crippen molar-refractivity contribution >= 4 is 5.91 Å². The summed E-state index contributed by atoms with van der Waals surface area (Å²) in [6.45, 7) is 4.83. The number of amides is 1. The fourth-order valence-electron chi connectivity index (χ4n) is 2.74. The highest BCUT2D eigenvalue weighted by Gasteiger charge is 2.23. The Labute approximate surface area is 106 Å². The lowest BCUT2D eigenvalue weighted by Gasteiger charge is -2.29. The summed E-state index contributed by atoms with van der Waals surface area (Å²) in [4.78, 5) is 12.0. The molecule has 0 aromatic heterocycles. The summed E-state index contributed by atoms with van der Waals surface area (Å²) in [5.74, 6) is 1.07. The van der Waals surface area contributed by atoms with Crippen LogP contribution in [-0.4, -0.2) is 18.5 Å². The minimum absolute atomic E-state index is 0.0175. The summed E-state index contributed by atoms with van der Waals surface area (Å²) >= 11 is 0. The van der Waals surface area contributed by atoms with Gasteiger partial charge in [-0.05, 0) is 38.0 Å². The molecule has 1 unspecified atom stereocenters. The number of nitrogens with one attached hydrogen (secondary N) is 1. The van der Waals surface area contributed by atoms with Crippen molar-refractivity contribution in [3.63, 3.8) is 0 Å². The number of hydrogen-bond donors (Lipinski definition) is 2. The molecule has 1 fully saturated rings. The van der Waals surface area contributed by atoms with Gasteiger partial charge in [-0.15, -0.1) is 0 Å². The number of carbonyl (C=O) groups is 1. The average molecular weight is 240 g/mol. The maximum atomic E-state index is 12.0. The molecule has 100 valence electrons. The maximum absolute atomic E-state index is 12.0. The molecule has 1 rings (SSSR count). The van der Waals surface area contributed by atoms with E-state index < -0.39 is 0 Å². The molecule has 1 amide bonds. The van der Waals surface area contributed by atoms with Crippen molar-refractivity contribution in [2.75, 3.05) is 6.54 Å². The predicted molar refractivity (Wildman–Crippen MR) is 71.6 cm³/mol. The molecule has 3 nitrogen and oxygen atoms in total. The first-order valence-electron chi connectivity index (χ1n) is 7.21. The fourth-order valence-corrected chi connectivity index (χ4v) is 2.74. The average Bonchev–Trinajstić information content (AvgIpc) is 2.36. The normalized spacial score (nSPS) is 26.5. The quantitative estimate of drug-likeness (QED) is 0.749. The van der Waals surface area contributed by atoms with Crippen LogP contribution in [0.15, 0.2) is 0 Å². The van der Waals surface area contributed by atoms with E-state index in [2.05, 4.69) is 19.2 Å². The molecule has 1 atom stereocenters. The minimum atomic E-state index is 0.0175. The second kappa shape index (κ2) is 7.70. The van der Waals surface area contributed by atoms with Crippen molar-refractivity contribution in [1.82, 2.24) is 5.32 Å². The van der Waals surface area contributed by atoms with E-state index in [1.807, 2.05) is 0 Å². The molecule has 3 heteroatoms. The monoisotopic (exact) mass is 240 g/mol. The Bertz CT molecular complexity index is 222. The minimum Gasteiger partial charge on any atom is -0.353 e. The van der Waals surface area contributed by atoms with Gasteiger partial charge in [0.2, 0.25) is 5.91 Å². The van der Waals surface area contributed by atoms with Gasteiger partial charge in [0, 0.05) is 12.6 Å². The van der Waals surface area contributed by atoms with E-state index in [1.165, 1.54) is 19.3 Å². The molecule has 1 aliphatic rings. The second-order valence-electron chi connectivity index (χ2n) is 5.36. The summed E-state index contributed by atoms with van der Waals surface area (Å²) in [6, 6.07) is 0.399. The third-order valence-electron chi connectivity index (χ3n) is 4.06. The van der Waals surface area contributed by atoms with Crippen LogP contribution in [0.3, 0.4) is 0 Å². The molecular weight excluding hydrogens is 212 g/mol. The van der Waals surface area contributed by atoms with Crippen molar-refractivity contribution in [2.24, 2.45) is 17.6 Å². The Morgan fingerprint density at radius 1 is 1.29 bits per heavy atom. The van der Waals surface area contributed by atoms with E-state index in [-0.39, 0.29) is 11.8 Å². The first-order valence-corrected chi connectivity index (χ1v) is 7.21. The van der Waals surface area contributed by atoms with Crippen LogP contribution in [0.25, 0.3) is 0 Å². The predicted octanol–water partition coefficient (Wildman–Crippen LogP) is 2.45. The van der Waals surface area contributed by atoms with Gasteiger partial charge in [-0.2, -0.15) is 0 Å². The third-order valence-corrected chi connectivity index (χ3v) is 4.06. The van der Waals surface area contributed by atoms with Crippen molar-refractivity contribution in [1.29, 1.82) is 0 Å². The smallest absolute Gasteiger partial charge is 0.224 e. The highest BCUT2D eigenvalue weighted by molar-refractivity contribution is 5.79. The van der Waals surface area contributed by atoms with E-state index in [0.717, 1.165) is 31.6 Å². The standard InChI is InChI=1S/C14H28N2O/c1-3-5-12(10-15)14(17)16-13-8-6-11(4-2)7-9-13/h11-13H,3-10,15H2,1-2H3,(H,16,17). The lowest BCUT2D eigenvalue weighted by atomic mass is 9.84. The number of nitrogens with two attached hydrogens (primary N) is 1. The molecule has 0 bridgehead atoms. The highest BCUT2D eigenvalue weighted by Crippen LogP contribution is 2.26. The summed E-state index contributed by atoms with van der Waals surface area (Å²) < 4.78 is 0.